The Labute approximate surface area is 120 Å². The van der Waals surface area contributed by atoms with E-state index >= 15 is 0 Å². The molecule has 0 spiro atoms. The summed E-state index contributed by atoms with van der Waals surface area (Å²) in [6.07, 6.45) is 0. The minimum atomic E-state index is -0.506. The van der Waals surface area contributed by atoms with Gasteiger partial charge < -0.3 is 9.73 Å². The number of fused-ring (bicyclic) bond motifs is 1. The van der Waals surface area contributed by atoms with Crippen LogP contribution >= 0.6 is 11.6 Å². The van der Waals surface area contributed by atoms with Gasteiger partial charge in [0.25, 0.3) is 0 Å². The molecule has 0 radical (unpaired) electrons. The molecule has 20 heavy (non-hydrogen) atoms. The number of hydrogen-bond donors (Lipinski definition) is 1. The lowest BCUT2D eigenvalue weighted by atomic mass is 10.2. The summed E-state index contributed by atoms with van der Waals surface area (Å²) in [5.74, 6) is -0.0180. The van der Waals surface area contributed by atoms with Gasteiger partial charge in [0, 0.05) is 11.8 Å². The fourth-order valence-corrected chi connectivity index (χ4v) is 2.05. The Morgan fingerprint density at radius 1 is 1.25 bits per heavy atom. The first-order chi connectivity index (χ1) is 9.61. The second-order valence-electron chi connectivity index (χ2n) is 4.56. The zero-order valence-corrected chi connectivity index (χ0v) is 11.5. The van der Waals surface area contributed by atoms with Crippen molar-refractivity contribution >= 4 is 28.4 Å². The van der Waals surface area contributed by atoms with Crippen LogP contribution in [0.25, 0.3) is 11.1 Å². The molecule has 1 aromatic heterocycles. The number of rotatable bonds is 3. The Morgan fingerprint density at radius 3 is 2.75 bits per heavy atom. The molecule has 0 bridgehead atoms. The van der Waals surface area contributed by atoms with E-state index in [4.69, 9.17) is 16.0 Å². The monoisotopic (exact) mass is 290 g/mol. The van der Waals surface area contributed by atoms with Crippen molar-refractivity contribution < 1.29 is 8.81 Å². The Hall–Kier alpha value is -2.07. The maximum Gasteiger partial charge on any atom is 0.214 e. The molecule has 0 amide bonds. The minimum absolute atomic E-state index is 0.0452. The highest BCUT2D eigenvalue weighted by molar-refractivity contribution is 6.31. The number of benzene rings is 2. The SMILES string of the molecule is Cc1ccc(NCc2nc3cc(Cl)c(F)cc3o2)cc1. The van der Waals surface area contributed by atoms with Crippen LogP contribution in [-0.2, 0) is 6.54 Å². The first-order valence-corrected chi connectivity index (χ1v) is 6.54. The first kappa shape index (κ1) is 12.9. The molecule has 5 heteroatoms. The van der Waals surface area contributed by atoms with Gasteiger partial charge in [0.2, 0.25) is 5.89 Å². The number of aromatic nitrogens is 1. The molecule has 102 valence electrons. The summed E-state index contributed by atoms with van der Waals surface area (Å²) in [6.45, 7) is 2.46. The van der Waals surface area contributed by atoms with Crippen LogP contribution < -0.4 is 5.32 Å². The summed E-state index contributed by atoms with van der Waals surface area (Å²) in [7, 11) is 0. The van der Waals surface area contributed by atoms with E-state index < -0.39 is 5.82 Å². The van der Waals surface area contributed by atoms with Crippen molar-refractivity contribution in [3.05, 3.63) is 58.7 Å². The molecule has 3 nitrogen and oxygen atoms in total. The molecule has 1 N–H and O–H groups in total. The van der Waals surface area contributed by atoms with Crippen molar-refractivity contribution in [1.82, 2.24) is 4.98 Å². The van der Waals surface area contributed by atoms with Crippen LogP contribution in [-0.4, -0.2) is 4.98 Å². The molecule has 0 saturated carbocycles. The fraction of sp³-hybridized carbons (Fsp3) is 0.133. The van der Waals surface area contributed by atoms with Gasteiger partial charge in [0.1, 0.15) is 11.3 Å². The molecular formula is C15H12ClFN2O. The molecule has 0 aliphatic carbocycles. The van der Waals surface area contributed by atoms with Crippen LogP contribution in [0.15, 0.2) is 40.8 Å². The Kier molecular flexibility index (Phi) is 3.32. The molecule has 0 aliphatic heterocycles. The number of nitrogens with zero attached hydrogens (tertiary/aromatic N) is 1. The minimum Gasteiger partial charge on any atom is -0.439 e. The summed E-state index contributed by atoms with van der Waals surface area (Å²) < 4.78 is 18.8. The van der Waals surface area contributed by atoms with Gasteiger partial charge in [-0.25, -0.2) is 9.37 Å². The van der Waals surface area contributed by atoms with E-state index in [1.807, 2.05) is 31.2 Å². The zero-order valence-electron chi connectivity index (χ0n) is 10.8. The van der Waals surface area contributed by atoms with Crippen molar-refractivity contribution in [3.63, 3.8) is 0 Å². The van der Waals surface area contributed by atoms with E-state index in [9.17, 15) is 4.39 Å². The predicted octanol–water partition coefficient (Wildman–Crippen LogP) is 4.54. The van der Waals surface area contributed by atoms with Crippen LogP contribution in [0.1, 0.15) is 11.5 Å². The molecule has 0 atom stereocenters. The van der Waals surface area contributed by atoms with Crippen molar-refractivity contribution in [2.75, 3.05) is 5.32 Å². The highest BCUT2D eigenvalue weighted by Gasteiger charge is 2.09. The number of aryl methyl sites for hydroxylation is 1. The number of hydrogen-bond acceptors (Lipinski definition) is 3. The lowest BCUT2D eigenvalue weighted by Gasteiger charge is -2.03. The van der Waals surface area contributed by atoms with Gasteiger partial charge in [0.15, 0.2) is 5.58 Å². The zero-order chi connectivity index (χ0) is 14.1. The second kappa shape index (κ2) is 5.13. The smallest absolute Gasteiger partial charge is 0.214 e. The predicted molar refractivity (Wildman–Crippen MR) is 77.5 cm³/mol. The average Bonchev–Trinajstić information content (AvgIpc) is 2.80. The maximum absolute atomic E-state index is 13.3. The number of oxazole rings is 1. The summed E-state index contributed by atoms with van der Waals surface area (Å²) in [4.78, 5) is 4.27. The fourth-order valence-electron chi connectivity index (χ4n) is 1.90. The number of nitrogens with one attached hydrogen (secondary N) is 1. The molecule has 3 aromatic rings. The van der Waals surface area contributed by atoms with Gasteiger partial charge in [-0.3, -0.25) is 0 Å². The largest absolute Gasteiger partial charge is 0.439 e. The van der Waals surface area contributed by atoms with Gasteiger partial charge in [-0.05, 0) is 25.1 Å². The van der Waals surface area contributed by atoms with Gasteiger partial charge in [0.05, 0.1) is 11.6 Å². The van der Waals surface area contributed by atoms with Gasteiger partial charge >= 0.3 is 0 Å². The summed E-state index contributed by atoms with van der Waals surface area (Å²) in [5.41, 5.74) is 3.12. The Bertz CT molecular complexity index is 713. The van der Waals surface area contributed by atoms with E-state index in [2.05, 4.69) is 10.3 Å². The van der Waals surface area contributed by atoms with Gasteiger partial charge in [-0.2, -0.15) is 0 Å². The topological polar surface area (TPSA) is 38.1 Å². The van der Waals surface area contributed by atoms with Crippen molar-refractivity contribution in [2.24, 2.45) is 0 Å². The van der Waals surface area contributed by atoms with E-state index in [0.717, 1.165) is 5.69 Å². The molecule has 0 unspecified atom stereocenters. The molecule has 3 rings (SSSR count). The second-order valence-corrected chi connectivity index (χ2v) is 4.97. The quantitative estimate of drug-likeness (QED) is 0.769. The van der Waals surface area contributed by atoms with Gasteiger partial charge in [-0.1, -0.05) is 29.3 Å². The Balaban J connectivity index is 1.79. The lowest BCUT2D eigenvalue weighted by molar-refractivity contribution is 0.537. The first-order valence-electron chi connectivity index (χ1n) is 6.17. The summed E-state index contributed by atoms with van der Waals surface area (Å²) in [5, 5.41) is 3.24. The van der Waals surface area contributed by atoms with Crippen LogP contribution in [0.5, 0.6) is 0 Å². The molecule has 0 saturated heterocycles. The molecule has 1 heterocycles. The van der Waals surface area contributed by atoms with Crippen LogP contribution in [0.3, 0.4) is 0 Å². The molecule has 0 aliphatic rings. The Morgan fingerprint density at radius 2 is 2.00 bits per heavy atom. The van der Waals surface area contributed by atoms with Crippen molar-refractivity contribution in [2.45, 2.75) is 13.5 Å². The third kappa shape index (κ3) is 2.60. The van der Waals surface area contributed by atoms with Crippen LogP contribution in [0.4, 0.5) is 10.1 Å². The van der Waals surface area contributed by atoms with Crippen LogP contribution in [0, 0.1) is 12.7 Å². The third-order valence-corrected chi connectivity index (χ3v) is 3.26. The number of anilines is 1. The maximum atomic E-state index is 13.3. The average molecular weight is 291 g/mol. The molecule has 0 fully saturated rings. The normalized spacial score (nSPS) is 10.9. The van der Waals surface area contributed by atoms with E-state index in [0.29, 0.717) is 23.5 Å². The number of halogens is 2. The summed E-state index contributed by atoms with van der Waals surface area (Å²) in [6, 6.07) is 10.7. The lowest BCUT2D eigenvalue weighted by Crippen LogP contribution is -1.99. The van der Waals surface area contributed by atoms with Crippen LogP contribution in [0.2, 0.25) is 5.02 Å². The molecule has 2 aromatic carbocycles. The standard InChI is InChI=1S/C15H12ClFN2O/c1-9-2-4-10(5-3-9)18-8-15-19-13-6-11(16)12(17)7-14(13)20-15/h2-7,18H,8H2,1H3. The summed E-state index contributed by atoms with van der Waals surface area (Å²) >= 11 is 5.71. The van der Waals surface area contributed by atoms with Gasteiger partial charge in [-0.15, -0.1) is 0 Å². The van der Waals surface area contributed by atoms with E-state index in [1.165, 1.54) is 17.7 Å². The highest BCUT2D eigenvalue weighted by atomic mass is 35.5. The molecular weight excluding hydrogens is 279 g/mol. The van der Waals surface area contributed by atoms with E-state index in [-0.39, 0.29) is 5.02 Å². The van der Waals surface area contributed by atoms with Crippen molar-refractivity contribution in [3.8, 4) is 0 Å². The third-order valence-electron chi connectivity index (χ3n) is 2.97. The van der Waals surface area contributed by atoms with E-state index in [1.54, 1.807) is 0 Å². The van der Waals surface area contributed by atoms with Crippen molar-refractivity contribution in [1.29, 1.82) is 0 Å². The highest BCUT2D eigenvalue weighted by Crippen LogP contribution is 2.23.